The summed E-state index contributed by atoms with van der Waals surface area (Å²) >= 11 is 0. The molecular weight excluding hydrogens is 336 g/mol. The van der Waals surface area contributed by atoms with Crippen LogP contribution in [0.15, 0.2) is 12.1 Å². The van der Waals surface area contributed by atoms with Crippen molar-refractivity contribution >= 4 is 11.8 Å². The second-order valence-electron chi connectivity index (χ2n) is 6.86. The second-order valence-corrected chi connectivity index (χ2v) is 6.86. The molecule has 0 aromatic carbocycles. The third kappa shape index (κ3) is 4.42. The van der Waals surface area contributed by atoms with Gasteiger partial charge in [-0.2, -0.15) is 0 Å². The minimum atomic E-state index is -0.0762. The van der Waals surface area contributed by atoms with E-state index in [4.69, 9.17) is 9.47 Å². The molecule has 3 rings (SSSR count). The van der Waals surface area contributed by atoms with Gasteiger partial charge in [-0.25, -0.2) is 0 Å². The summed E-state index contributed by atoms with van der Waals surface area (Å²) in [5, 5.41) is 7.89. The number of carbonyl (C=O) groups is 2. The maximum atomic E-state index is 12.8. The van der Waals surface area contributed by atoms with E-state index < -0.39 is 0 Å². The number of methoxy groups -OCH3 is 1. The van der Waals surface area contributed by atoms with Gasteiger partial charge in [0, 0.05) is 44.6 Å². The molecule has 3 heterocycles. The summed E-state index contributed by atoms with van der Waals surface area (Å²) in [5.41, 5.74) is 0. The molecule has 2 saturated heterocycles. The molecule has 26 heavy (non-hydrogen) atoms. The van der Waals surface area contributed by atoms with Crippen LogP contribution in [0.25, 0.3) is 0 Å². The number of ether oxygens (including phenoxy) is 2. The highest BCUT2D eigenvalue weighted by Gasteiger charge is 2.32. The maximum Gasteiger partial charge on any atom is 0.233 e. The molecule has 0 spiro atoms. The largest absolute Gasteiger partial charge is 0.480 e. The van der Waals surface area contributed by atoms with Crippen LogP contribution in [-0.4, -0.2) is 71.2 Å². The van der Waals surface area contributed by atoms with Gasteiger partial charge in [0.2, 0.25) is 23.6 Å². The number of likely N-dealkylation sites (tertiary alicyclic amines) is 2. The number of amides is 2. The van der Waals surface area contributed by atoms with Crippen LogP contribution in [0.3, 0.4) is 0 Å². The number of nitrogens with zero attached hydrogens (tertiary/aromatic N) is 4. The minimum Gasteiger partial charge on any atom is -0.480 e. The molecule has 2 aliphatic heterocycles. The highest BCUT2D eigenvalue weighted by Crippen LogP contribution is 2.23. The summed E-state index contributed by atoms with van der Waals surface area (Å²) in [7, 11) is 1.54. The van der Waals surface area contributed by atoms with E-state index >= 15 is 0 Å². The summed E-state index contributed by atoms with van der Waals surface area (Å²) in [6, 6.07) is 3.43. The highest BCUT2D eigenvalue weighted by molar-refractivity contribution is 5.80. The van der Waals surface area contributed by atoms with Crippen molar-refractivity contribution in [2.24, 2.45) is 5.92 Å². The van der Waals surface area contributed by atoms with Crippen LogP contribution in [0.5, 0.6) is 11.8 Å². The minimum absolute atomic E-state index is 0.00475. The van der Waals surface area contributed by atoms with Gasteiger partial charge in [0.05, 0.1) is 13.7 Å². The van der Waals surface area contributed by atoms with Crippen molar-refractivity contribution < 1.29 is 19.1 Å². The molecule has 0 radical (unpaired) electrons. The second kappa shape index (κ2) is 8.33. The average Bonchev–Trinajstić information content (AvgIpc) is 2.68. The predicted molar refractivity (Wildman–Crippen MR) is 93.8 cm³/mol. The van der Waals surface area contributed by atoms with Crippen LogP contribution in [0.4, 0.5) is 0 Å². The van der Waals surface area contributed by atoms with Crippen LogP contribution < -0.4 is 9.47 Å². The van der Waals surface area contributed by atoms with Crippen molar-refractivity contribution in [3.05, 3.63) is 12.1 Å². The first-order valence-corrected chi connectivity index (χ1v) is 9.15. The van der Waals surface area contributed by atoms with Crippen LogP contribution in [0, 0.1) is 5.92 Å². The molecule has 8 heteroatoms. The van der Waals surface area contributed by atoms with Crippen molar-refractivity contribution in [1.82, 2.24) is 20.0 Å². The van der Waals surface area contributed by atoms with E-state index in [1.165, 1.54) is 7.11 Å². The highest BCUT2D eigenvalue weighted by atomic mass is 16.5. The van der Waals surface area contributed by atoms with E-state index in [1.54, 1.807) is 19.1 Å². The molecule has 2 aliphatic rings. The third-order valence-corrected chi connectivity index (χ3v) is 5.09. The normalized spacial score (nSPS) is 21.4. The number of carbonyl (C=O) groups excluding carboxylic acids is 2. The van der Waals surface area contributed by atoms with Crippen molar-refractivity contribution in [3.63, 3.8) is 0 Å². The predicted octanol–water partition coefficient (Wildman–Crippen LogP) is 1.11. The van der Waals surface area contributed by atoms with E-state index in [2.05, 4.69) is 10.2 Å². The molecule has 0 bridgehead atoms. The van der Waals surface area contributed by atoms with Gasteiger partial charge in [-0.1, -0.05) is 0 Å². The van der Waals surface area contributed by atoms with Crippen LogP contribution >= 0.6 is 0 Å². The first-order chi connectivity index (χ1) is 12.6. The summed E-state index contributed by atoms with van der Waals surface area (Å²) in [5.74, 6) is 1.16. The number of aromatic nitrogens is 2. The van der Waals surface area contributed by atoms with E-state index in [-0.39, 0.29) is 23.8 Å². The van der Waals surface area contributed by atoms with Gasteiger partial charge in [0.25, 0.3) is 0 Å². The lowest BCUT2D eigenvalue weighted by Crippen LogP contribution is -2.49. The number of piperidine rings is 2. The number of hydrogen-bond acceptors (Lipinski definition) is 6. The van der Waals surface area contributed by atoms with Crippen LogP contribution in [-0.2, 0) is 9.59 Å². The Balaban J connectivity index is 1.52. The first-order valence-electron chi connectivity index (χ1n) is 9.15. The zero-order chi connectivity index (χ0) is 18.5. The van der Waals surface area contributed by atoms with Crippen LogP contribution in [0.2, 0.25) is 0 Å². The van der Waals surface area contributed by atoms with Gasteiger partial charge in [-0.15, -0.1) is 10.2 Å². The maximum absolute atomic E-state index is 12.8. The van der Waals surface area contributed by atoms with Crippen molar-refractivity contribution in [2.45, 2.75) is 38.7 Å². The molecule has 1 unspecified atom stereocenters. The molecule has 0 N–H and O–H groups in total. The van der Waals surface area contributed by atoms with E-state index in [0.29, 0.717) is 31.4 Å². The molecule has 1 aromatic rings. The molecule has 0 aliphatic carbocycles. The lowest BCUT2D eigenvalue weighted by molar-refractivity contribution is -0.142. The lowest BCUT2D eigenvalue weighted by atomic mass is 9.94. The summed E-state index contributed by atoms with van der Waals surface area (Å²) in [6.07, 6.45) is 3.20. The SMILES string of the molecule is COc1ccc(OC2CCCN(C(=O)C3CCN(C(C)=O)CC3)C2)nn1. The molecule has 1 atom stereocenters. The van der Waals surface area contributed by atoms with Crippen LogP contribution in [0.1, 0.15) is 32.6 Å². The van der Waals surface area contributed by atoms with Gasteiger partial charge >= 0.3 is 0 Å². The average molecular weight is 362 g/mol. The fourth-order valence-electron chi connectivity index (χ4n) is 3.58. The fourth-order valence-corrected chi connectivity index (χ4v) is 3.58. The van der Waals surface area contributed by atoms with Gasteiger partial charge < -0.3 is 19.3 Å². The molecule has 2 amide bonds. The van der Waals surface area contributed by atoms with Crippen molar-refractivity contribution in [1.29, 1.82) is 0 Å². The Morgan fingerprint density at radius 3 is 2.35 bits per heavy atom. The topological polar surface area (TPSA) is 84.9 Å². The van der Waals surface area contributed by atoms with E-state index in [0.717, 1.165) is 32.2 Å². The zero-order valence-electron chi connectivity index (χ0n) is 15.4. The van der Waals surface area contributed by atoms with Gasteiger partial charge in [-0.3, -0.25) is 9.59 Å². The summed E-state index contributed by atoms with van der Waals surface area (Å²) < 4.78 is 10.9. The summed E-state index contributed by atoms with van der Waals surface area (Å²) in [6.45, 7) is 4.25. The smallest absolute Gasteiger partial charge is 0.233 e. The number of rotatable bonds is 4. The Hall–Kier alpha value is -2.38. The van der Waals surface area contributed by atoms with E-state index in [9.17, 15) is 9.59 Å². The standard InChI is InChI=1S/C18H26N4O4/c1-13(23)21-10-7-14(8-11-21)18(24)22-9-3-4-15(12-22)26-17-6-5-16(25-2)19-20-17/h5-6,14-15H,3-4,7-12H2,1-2H3. The Kier molecular flexibility index (Phi) is 5.90. The molecular formula is C18H26N4O4. The number of hydrogen-bond donors (Lipinski definition) is 0. The fraction of sp³-hybridized carbons (Fsp3) is 0.667. The van der Waals surface area contributed by atoms with E-state index in [1.807, 2.05) is 9.80 Å². The summed E-state index contributed by atoms with van der Waals surface area (Å²) in [4.78, 5) is 28.0. The molecule has 2 fully saturated rings. The monoisotopic (exact) mass is 362 g/mol. The Labute approximate surface area is 153 Å². The molecule has 1 aromatic heterocycles. The Morgan fingerprint density at radius 1 is 1.04 bits per heavy atom. The lowest BCUT2D eigenvalue weighted by Gasteiger charge is -2.37. The zero-order valence-corrected chi connectivity index (χ0v) is 15.4. The first kappa shape index (κ1) is 18.4. The quantitative estimate of drug-likeness (QED) is 0.798. The van der Waals surface area contributed by atoms with Crippen molar-refractivity contribution in [2.75, 3.05) is 33.3 Å². The Morgan fingerprint density at radius 2 is 1.73 bits per heavy atom. The molecule has 8 nitrogen and oxygen atoms in total. The molecule has 142 valence electrons. The van der Waals surface area contributed by atoms with Gasteiger partial charge in [0.15, 0.2) is 0 Å². The van der Waals surface area contributed by atoms with Crippen molar-refractivity contribution in [3.8, 4) is 11.8 Å². The van der Waals surface area contributed by atoms with Gasteiger partial charge in [0.1, 0.15) is 6.10 Å². The Bertz CT molecular complexity index is 629. The molecule has 0 saturated carbocycles. The van der Waals surface area contributed by atoms with Gasteiger partial charge in [-0.05, 0) is 25.7 Å². The third-order valence-electron chi connectivity index (χ3n) is 5.09.